The molecule has 0 bridgehead atoms. The third-order valence-electron chi connectivity index (χ3n) is 2.87. The van der Waals surface area contributed by atoms with Gasteiger partial charge in [-0.25, -0.2) is 0 Å². The van der Waals surface area contributed by atoms with E-state index in [-0.39, 0.29) is 0 Å². The topological polar surface area (TPSA) is 29.5 Å². The van der Waals surface area contributed by atoms with Gasteiger partial charge in [0, 0.05) is 10.6 Å². The Morgan fingerprint density at radius 2 is 1.78 bits per heavy atom. The fraction of sp³-hybridized carbons (Fsp3) is 0.200. The van der Waals surface area contributed by atoms with Crippen LogP contribution in [0.3, 0.4) is 0 Å². The summed E-state index contributed by atoms with van der Waals surface area (Å²) >= 11 is 5.84. The van der Waals surface area contributed by atoms with Crippen molar-refractivity contribution in [3.05, 3.63) is 64.2 Å². The van der Waals surface area contributed by atoms with Gasteiger partial charge in [0.1, 0.15) is 11.9 Å². The van der Waals surface area contributed by atoms with Crippen LogP contribution in [0.5, 0.6) is 5.75 Å². The molecule has 0 aromatic heterocycles. The van der Waals surface area contributed by atoms with E-state index < -0.39 is 6.10 Å². The predicted octanol–water partition coefficient (Wildman–Crippen LogP) is 3.74. The largest absolute Gasteiger partial charge is 0.496 e. The molecule has 0 spiro atoms. The van der Waals surface area contributed by atoms with Gasteiger partial charge < -0.3 is 9.84 Å². The molecule has 2 rings (SSSR count). The molecule has 2 aromatic carbocycles. The number of hydrogen-bond donors (Lipinski definition) is 1. The summed E-state index contributed by atoms with van der Waals surface area (Å²) in [5.74, 6) is 0.692. The molecule has 94 valence electrons. The van der Waals surface area contributed by atoms with E-state index in [1.165, 1.54) is 0 Å². The van der Waals surface area contributed by atoms with Gasteiger partial charge in [0.2, 0.25) is 0 Å². The molecule has 0 saturated carbocycles. The van der Waals surface area contributed by atoms with E-state index in [2.05, 4.69) is 0 Å². The maximum Gasteiger partial charge on any atom is 0.125 e. The first kappa shape index (κ1) is 12.9. The van der Waals surface area contributed by atoms with E-state index in [0.29, 0.717) is 10.8 Å². The maximum absolute atomic E-state index is 10.4. The van der Waals surface area contributed by atoms with E-state index in [1.807, 2.05) is 37.3 Å². The van der Waals surface area contributed by atoms with Crippen molar-refractivity contribution in [2.75, 3.05) is 7.11 Å². The monoisotopic (exact) mass is 262 g/mol. The number of ether oxygens (including phenoxy) is 1. The van der Waals surface area contributed by atoms with Crippen LogP contribution in [0.1, 0.15) is 22.8 Å². The lowest BCUT2D eigenvalue weighted by atomic mass is 9.99. The Labute approximate surface area is 112 Å². The van der Waals surface area contributed by atoms with Crippen LogP contribution in [0.2, 0.25) is 5.02 Å². The number of aliphatic hydroxyl groups excluding tert-OH is 1. The van der Waals surface area contributed by atoms with Crippen LogP contribution >= 0.6 is 11.6 Å². The summed E-state index contributed by atoms with van der Waals surface area (Å²) in [6.07, 6.45) is -0.710. The Hall–Kier alpha value is -1.51. The van der Waals surface area contributed by atoms with Gasteiger partial charge in [0.05, 0.1) is 7.11 Å². The van der Waals surface area contributed by atoms with E-state index in [4.69, 9.17) is 16.3 Å². The number of rotatable bonds is 3. The second-order valence-electron chi connectivity index (χ2n) is 4.20. The Kier molecular flexibility index (Phi) is 3.90. The number of halogens is 1. The highest BCUT2D eigenvalue weighted by Gasteiger charge is 2.15. The Morgan fingerprint density at radius 3 is 2.39 bits per heavy atom. The molecule has 2 aromatic rings. The van der Waals surface area contributed by atoms with Crippen molar-refractivity contribution >= 4 is 11.6 Å². The first-order valence-corrected chi connectivity index (χ1v) is 6.07. The van der Waals surface area contributed by atoms with E-state index in [0.717, 1.165) is 16.7 Å². The van der Waals surface area contributed by atoms with Gasteiger partial charge in [0.25, 0.3) is 0 Å². The summed E-state index contributed by atoms with van der Waals surface area (Å²) in [6, 6.07) is 12.9. The maximum atomic E-state index is 10.4. The minimum absolute atomic E-state index is 0.654. The summed E-state index contributed by atoms with van der Waals surface area (Å²) in [7, 11) is 1.60. The molecule has 0 aliphatic rings. The van der Waals surface area contributed by atoms with Crippen LogP contribution in [-0.2, 0) is 0 Å². The van der Waals surface area contributed by atoms with Crippen LogP contribution in [0.25, 0.3) is 0 Å². The molecule has 1 unspecified atom stereocenters. The first-order chi connectivity index (χ1) is 8.61. The average molecular weight is 263 g/mol. The SMILES string of the molecule is COc1cc(C)ccc1C(O)c1ccc(Cl)cc1. The molecule has 0 heterocycles. The molecule has 0 aliphatic heterocycles. The van der Waals surface area contributed by atoms with Crippen molar-refractivity contribution in [3.63, 3.8) is 0 Å². The van der Waals surface area contributed by atoms with E-state index in [1.54, 1.807) is 19.2 Å². The van der Waals surface area contributed by atoms with Gasteiger partial charge in [-0.05, 0) is 36.2 Å². The lowest BCUT2D eigenvalue weighted by Gasteiger charge is -2.15. The van der Waals surface area contributed by atoms with Crippen LogP contribution < -0.4 is 4.74 Å². The van der Waals surface area contributed by atoms with Crippen LogP contribution in [-0.4, -0.2) is 12.2 Å². The number of methoxy groups -OCH3 is 1. The van der Waals surface area contributed by atoms with E-state index >= 15 is 0 Å². The van der Waals surface area contributed by atoms with Gasteiger partial charge in [-0.2, -0.15) is 0 Å². The second kappa shape index (κ2) is 5.42. The highest BCUT2D eigenvalue weighted by Crippen LogP contribution is 2.31. The van der Waals surface area contributed by atoms with Crippen molar-refractivity contribution < 1.29 is 9.84 Å². The zero-order chi connectivity index (χ0) is 13.1. The molecule has 1 atom stereocenters. The van der Waals surface area contributed by atoms with Crippen molar-refractivity contribution in [1.82, 2.24) is 0 Å². The third kappa shape index (κ3) is 2.66. The zero-order valence-electron chi connectivity index (χ0n) is 10.4. The Balaban J connectivity index is 2.39. The molecule has 18 heavy (non-hydrogen) atoms. The quantitative estimate of drug-likeness (QED) is 0.913. The van der Waals surface area contributed by atoms with Gasteiger partial charge in [-0.1, -0.05) is 35.9 Å². The average Bonchev–Trinajstić information content (AvgIpc) is 2.38. The van der Waals surface area contributed by atoms with Crippen molar-refractivity contribution in [2.24, 2.45) is 0 Å². The molecule has 2 nitrogen and oxygen atoms in total. The molecule has 0 aliphatic carbocycles. The molecule has 0 amide bonds. The minimum Gasteiger partial charge on any atom is -0.496 e. The van der Waals surface area contributed by atoms with Crippen LogP contribution in [0, 0.1) is 6.92 Å². The number of hydrogen-bond acceptors (Lipinski definition) is 2. The molecular formula is C15H15ClO2. The minimum atomic E-state index is -0.710. The van der Waals surface area contributed by atoms with Crippen molar-refractivity contribution in [2.45, 2.75) is 13.0 Å². The molecule has 0 saturated heterocycles. The molecule has 1 N–H and O–H groups in total. The fourth-order valence-corrected chi connectivity index (χ4v) is 1.99. The molecule has 0 fully saturated rings. The van der Waals surface area contributed by atoms with Gasteiger partial charge in [-0.3, -0.25) is 0 Å². The third-order valence-corrected chi connectivity index (χ3v) is 3.12. The summed E-state index contributed by atoms with van der Waals surface area (Å²) in [6.45, 7) is 1.99. The summed E-state index contributed by atoms with van der Waals surface area (Å²) in [4.78, 5) is 0. The lowest BCUT2D eigenvalue weighted by Crippen LogP contribution is -2.02. The highest BCUT2D eigenvalue weighted by molar-refractivity contribution is 6.30. The van der Waals surface area contributed by atoms with Gasteiger partial charge >= 0.3 is 0 Å². The zero-order valence-corrected chi connectivity index (χ0v) is 11.1. The normalized spacial score (nSPS) is 12.2. The van der Waals surface area contributed by atoms with Crippen molar-refractivity contribution in [1.29, 1.82) is 0 Å². The molecular weight excluding hydrogens is 248 g/mol. The lowest BCUT2D eigenvalue weighted by molar-refractivity contribution is 0.214. The summed E-state index contributed by atoms with van der Waals surface area (Å²) in [5, 5.41) is 11.0. The predicted molar refractivity (Wildman–Crippen MR) is 73.2 cm³/mol. The first-order valence-electron chi connectivity index (χ1n) is 5.70. The van der Waals surface area contributed by atoms with E-state index in [9.17, 15) is 5.11 Å². The highest BCUT2D eigenvalue weighted by atomic mass is 35.5. The van der Waals surface area contributed by atoms with Gasteiger partial charge in [-0.15, -0.1) is 0 Å². The van der Waals surface area contributed by atoms with Crippen LogP contribution in [0.4, 0.5) is 0 Å². The molecule has 3 heteroatoms. The van der Waals surface area contributed by atoms with Crippen molar-refractivity contribution in [3.8, 4) is 5.75 Å². The van der Waals surface area contributed by atoms with Crippen LogP contribution in [0.15, 0.2) is 42.5 Å². The summed E-state index contributed by atoms with van der Waals surface area (Å²) in [5.41, 5.74) is 2.64. The summed E-state index contributed by atoms with van der Waals surface area (Å²) < 4.78 is 5.31. The number of aliphatic hydroxyl groups is 1. The Bertz CT molecular complexity index is 535. The number of benzene rings is 2. The fourth-order valence-electron chi connectivity index (χ4n) is 1.87. The van der Waals surface area contributed by atoms with Gasteiger partial charge in [0.15, 0.2) is 0 Å². The Morgan fingerprint density at radius 1 is 1.11 bits per heavy atom. The smallest absolute Gasteiger partial charge is 0.125 e. The number of aryl methyl sites for hydroxylation is 1. The molecule has 0 radical (unpaired) electrons. The second-order valence-corrected chi connectivity index (χ2v) is 4.64. The standard InChI is InChI=1S/C15H15ClO2/c1-10-3-8-13(14(9-10)18-2)15(17)11-4-6-12(16)7-5-11/h3-9,15,17H,1-2H3.